The molecular weight excluding hydrogens is 230 g/mol. The molecule has 1 amide bonds. The van der Waals surface area contributed by atoms with Crippen molar-refractivity contribution in [2.75, 3.05) is 0 Å². The van der Waals surface area contributed by atoms with Gasteiger partial charge in [-0.3, -0.25) is 4.79 Å². The van der Waals surface area contributed by atoms with Gasteiger partial charge in [0.15, 0.2) is 0 Å². The number of hydrogen-bond donors (Lipinski definition) is 1. The lowest BCUT2D eigenvalue weighted by Gasteiger charge is -2.08. The number of carbonyl (C=O) groups excluding carboxylic acids is 1. The van der Waals surface area contributed by atoms with Crippen LogP contribution in [0.3, 0.4) is 0 Å². The van der Waals surface area contributed by atoms with Gasteiger partial charge in [0, 0.05) is 10.5 Å². The van der Waals surface area contributed by atoms with E-state index in [1.54, 1.807) is 13.8 Å². The van der Waals surface area contributed by atoms with E-state index in [4.69, 9.17) is 5.48 Å². The fourth-order valence-electron chi connectivity index (χ4n) is 0.788. The van der Waals surface area contributed by atoms with Crippen LogP contribution in [0.4, 0.5) is 0 Å². The second kappa shape index (κ2) is 4.42. The Morgan fingerprint density at radius 1 is 1.54 bits per heavy atom. The van der Waals surface area contributed by atoms with Gasteiger partial charge >= 0.3 is 0 Å². The first-order valence-electron chi connectivity index (χ1n) is 5.84. The Balaban J connectivity index is 3.39. The number of halogens is 1. The summed E-state index contributed by atoms with van der Waals surface area (Å²) in [5, 5.41) is 2.60. The molecule has 2 nitrogen and oxygen atoms in total. The van der Waals surface area contributed by atoms with Crippen molar-refractivity contribution < 1.29 is 10.3 Å². The van der Waals surface area contributed by atoms with E-state index in [2.05, 4.69) is 21.2 Å². The predicted octanol–water partition coefficient (Wildman–Crippen LogP) is 2.59. The van der Waals surface area contributed by atoms with Crippen LogP contribution < -0.4 is 5.32 Å². The Bertz CT molecular complexity index is 447. The molecule has 0 aromatic heterocycles. The first kappa shape index (κ1) is 5.81. The largest absolute Gasteiger partial charge is 0.350 e. The van der Waals surface area contributed by atoms with Crippen LogP contribution in [0.5, 0.6) is 0 Å². The summed E-state index contributed by atoms with van der Waals surface area (Å²) in [6.45, 7) is 3.55. The summed E-state index contributed by atoms with van der Waals surface area (Å²) in [7, 11) is 0. The molecular formula is C10H12BrNO. The van der Waals surface area contributed by atoms with Crippen molar-refractivity contribution in [2.45, 2.75) is 19.9 Å². The van der Waals surface area contributed by atoms with Gasteiger partial charge in [0.25, 0.3) is 5.91 Å². The number of rotatable bonds is 2. The summed E-state index contributed by atoms with van der Waals surface area (Å²) in [6, 6.07) is -1.46. The first-order chi connectivity index (χ1) is 7.77. The summed E-state index contributed by atoms with van der Waals surface area (Å²) >= 11 is 3.03. The van der Waals surface area contributed by atoms with Crippen LogP contribution in [0.2, 0.25) is 0 Å². The highest BCUT2D eigenvalue weighted by atomic mass is 79.9. The Morgan fingerprint density at radius 2 is 2.15 bits per heavy atom. The summed E-state index contributed by atoms with van der Waals surface area (Å²) in [6.07, 6.45) is 0. The standard InChI is InChI=1S/C10H12BrNO/c1-7(2)12-10(13)8-5-3-4-6-9(8)11/h3-7H,1-2H3,(H,12,13)/i3D,4D,5D,6D. The van der Waals surface area contributed by atoms with E-state index < -0.39 is 11.9 Å². The van der Waals surface area contributed by atoms with Crippen molar-refractivity contribution >= 4 is 21.8 Å². The maximum absolute atomic E-state index is 11.8. The summed E-state index contributed by atoms with van der Waals surface area (Å²) in [5.74, 6) is -0.515. The fourth-order valence-corrected chi connectivity index (χ4v) is 1.17. The normalized spacial score (nSPS) is 14.5. The van der Waals surface area contributed by atoms with Gasteiger partial charge in [-0.1, -0.05) is 12.1 Å². The average molecular weight is 246 g/mol. The smallest absolute Gasteiger partial charge is 0.252 e. The third kappa shape index (κ3) is 2.84. The number of hydrogen-bond acceptors (Lipinski definition) is 1. The molecule has 1 N–H and O–H groups in total. The van der Waals surface area contributed by atoms with E-state index in [-0.39, 0.29) is 34.2 Å². The molecule has 0 saturated carbocycles. The molecule has 1 aromatic rings. The Kier molecular flexibility index (Phi) is 1.97. The van der Waals surface area contributed by atoms with Crippen molar-refractivity contribution in [3.05, 3.63) is 34.2 Å². The molecule has 0 heterocycles. The van der Waals surface area contributed by atoms with Gasteiger partial charge in [0.2, 0.25) is 0 Å². The van der Waals surface area contributed by atoms with Crippen LogP contribution in [-0.2, 0) is 0 Å². The molecule has 0 unspecified atom stereocenters. The van der Waals surface area contributed by atoms with Crippen molar-refractivity contribution in [3.63, 3.8) is 0 Å². The third-order valence-corrected chi connectivity index (χ3v) is 1.88. The zero-order chi connectivity index (χ0) is 13.3. The van der Waals surface area contributed by atoms with E-state index in [9.17, 15) is 4.79 Å². The van der Waals surface area contributed by atoms with Gasteiger partial charge < -0.3 is 5.32 Å². The highest BCUT2D eigenvalue weighted by molar-refractivity contribution is 9.10. The van der Waals surface area contributed by atoms with Crippen LogP contribution in [-0.4, -0.2) is 11.9 Å². The SMILES string of the molecule is [2H]c1c([2H])c([2H])c(C(=O)NC(C)C)c(Br)c1[2H]. The minimum atomic E-state index is -0.515. The molecule has 0 bridgehead atoms. The molecule has 0 aliphatic heterocycles. The second-order valence-corrected chi connectivity index (χ2v) is 3.61. The summed E-state index contributed by atoms with van der Waals surface area (Å²) in [4.78, 5) is 11.8. The second-order valence-electron chi connectivity index (χ2n) is 2.82. The predicted molar refractivity (Wildman–Crippen MR) is 56.7 cm³/mol. The van der Waals surface area contributed by atoms with Crippen LogP contribution in [0.15, 0.2) is 28.6 Å². The Hall–Kier alpha value is -0.830. The van der Waals surface area contributed by atoms with Gasteiger partial charge in [0.05, 0.1) is 11.0 Å². The monoisotopic (exact) mass is 245 g/mol. The lowest BCUT2D eigenvalue weighted by molar-refractivity contribution is 0.0942. The van der Waals surface area contributed by atoms with Crippen LogP contribution in [0.1, 0.15) is 29.7 Å². The zero-order valence-corrected chi connectivity index (χ0v) is 8.95. The average Bonchev–Trinajstić information content (AvgIpc) is 2.23. The van der Waals surface area contributed by atoms with Gasteiger partial charge in [-0.05, 0) is 41.9 Å². The molecule has 0 saturated heterocycles. The number of amides is 1. The number of nitrogens with one attached hydrogen (secondary N) is 1. The van der Waals surface area contributed by atoms with Gasteiger partial charge in [0.1, 0.15) is 0 Å². The molecule has 1 rings (SSSR count). The fraction of sp³-hybridized carbons (Fsp3) is 0.300. The lowest BCUT2D eigenvalue weighted by atomic mass is 10.2. The number of carbonyl (C=O) groups is 1. The highest BCUT2D eigenvalue weighted by Crippen LogP contribution is 2.15. The van der Waals surface area contributed by atoms with Crippen molar-refractivity contribution in [1.29, 1.82) is 0 Å². The highest BCUT2D eigenvalue weighted by Gasteiger charge is 2.08. The quantitative estimate of drug-likeness (QED) is 0.853. The maximum atomic E-state index is 11.8. The Morgan fingerprint density at radius 3 is 2.77 bits per heavy atom. The molecule has 70 valence electrons. The molecule has 1 aromatic carbocycles. The molecule has 0 aliphatic carbocycles. The van der Waals surface area contributed by atoms with Crippen LogP contribution in [0, 0.1) is 0 Å². The van der Waals surface area contributed by atoms with Crippen molar-refractivity contribution in [1.82, 2.24) is 5.32 Å². The van der Waals surface area contributed by atoms with Crippen LogP contribution in [0.25, 0.3) is 0 Å². The minimum absolute atomic E-state index is 0.0651. The third-order valence-electron chi connectivity index (χ3n) is 1.29. The lowest BCUT2D eigenvalue weighted by Crippen LogP contribution is -2.30. The van der Waals surface area contributed by atoms with Gasteiger partial charge in [-0.15, -0.1) is 0 Å². The minimum Gasteiger partial charge on any atom is -0.350 e. The van der Waals surface area contributed by atoms with Crippen LogP contribution >= 0.6 is 15.9 Å². The topological polar surface area (TPSA) is 29.1 Å². The van der Waals surface area contributed by atoms with Crippen molar-refractivity contribution in [3.8, 4) is 0 Å². The molecule has 13 heavy (non-hydrogen) atoms. The molecule has 0 radical (unpaired) electrons. The first-order valence-corrected chi connectivity index (χ1v) is 4.63. The molecule has 0 atom stereocenters. The zero-order valence-electron chi connectivity index (χ0n) is 11.4. The van der Waals surface area contributed by atoms with E-state index in [1.165, 1.54) is 0 Å². The molecule has 0 aliphatic rings. The molecule has 0 fully saturated rings. The summed E-state index contributed by atoms with van der Waals surface area (Å²) in [5.41, 5.74) is -0.0651. The van der Waals surface area contributed by atoms with E-state index >= 15 is 0 Å². The number of benzene rings is 1. The molecule has 0 spiro atoms. The summed E-state index contributed by atoms with van der Waals surface area (Å²) < 4.78 is 30.3. The van der Waals surface area contributed by atoms with E-state index in [0.717, 1.165) is 0 Å². The molecule has 3 heteroatoms. The van der Waals surface area contributed by atoms with Crippen molar-refractivity contribution in [2.24, 2.45) is 0 Å². The van der Waals surface area contributed by atoms with E-state index in [1.807, 2.05) is 0 Å². The maximum Gasteiger partial charge on any atom is 0.252 e. The van der Waals surface area contributed by atoms with E-state index in [0.29, 0.717) is 0 Å². The van der Waals surface area contributed by atoms with Gasteiger partial charge in [-0.25, -0.2) is 0 Å². The Labute approximate surface area is 92.1 Å². The van der Waals surface area contributed by atoms with Gasteiger partial charge in [-0.2, -0.15) is 0 Å².